The molecule has 0 bridgehead atoms. The van der Waals surface area contributed by atoms with Gasteiger partial charge in [-0.15, -0.1) is 11.8 Å². The summed E-state index contributed by atoms with van der Waals surface area (Å²) in [6, 6.07) is 10.8. The van der Waals surface area contributed by atoms with E-state index in [1.165, 1.54) is 10.5 Å². The Morgan fingerprint density at radius 1 is 1.22 bits per heavy atom. The second-order valence-corrected chi connectivity index (χ2v) is 6.53. The third-order valence-corrected chi connectivity index (χ3v) is 3.55. The van der Waals surface area contributed by atoms with Crippen LogP contribution in [-0.2, 0) is 6.54 Å². The maximum Gasteiger partial charge on any atom is 0.0622 e. The predicted octanol–water partition coefficient (Wildman–Crippen LogP) is 3.97. The zero-order valence-electron chi connectivity index (χ0n) is 11.5. The molecule has 2 nitrogen and oxygen atoms in total. The summed E-state index contributed by atoms with van der Waals surface area (Å²) in [5.41, 5.74) is 1.47. The quantitative estimate of drug-likeness (QED) is 0.622. The lowest BCUT2D eigenvalue weighted by Gasteiger charge is -2.20. The van der Waals surface area contributed by atoms with E-state index in [0.29, 0.717) is 6.42 Å². The second-order valence-electron chi connectivity index (χ2n) is 5.36. The van der Waals surface area contributed by atoms with E-state index in [1.54, 1.807) is 0 Å². The summed E-state index contributed by atoms with van der Waals surface area (Å²) in [5.74, 6) is 1.02. The number of rotatable bonds is 6. The Kier molecular flexibility index (Phi) is 6.24. The van der Waals surface area contributed by atoms with E-state index < -0.39 is 0 Å². The maximum absolute atomic E-state index is 8.46. The molecule has 0 aliphatic carbocycles. The van der Waals surface area contributed by atoms with Crippen molar-refractivity contribution in [3.05, 3.63) is 29.8 Å². The number of hydrogen-bond donors (Lipinski definition) is 1. The highest BCUT2D eigenvalue weighted by atomic mass is 32.2. The van der Waals surface area contributed by atoms with Crippen molar-refractivity contribution in [1.29, 1.82) is 5.26 Å². The fraction of sp³-hybridized carbons (Fsp3) is 0.533. The predicted molar refractivity (Wildman–Crippen MR) is 78.6 cm³/mol. The van der Waals surface area contributed by atoms with Crippen LogP contribution in [0.3, 0.4) is 0 Å². The molecule has 0 aliphatic rings. The lowest BCUT2D eigenvalue weighted by Crippen LogP contribution is -2.35. The van der Waals surface area contributed by atoms with Gasteiger partial charge in [0.1, 0.15) is 0 Å². The normalized spacial score (nSPS) is 11.2. The largest absolute Gasteiger partial charge is 0.308 e. The molecule has 1 N–H and O–H groups in total. The Bertz CT molecular complexity index is 384. The number of hydrogen-bond acceptors (Lipinski definition) is 3. The van der Waals surface area contributed by atoms with Crippen molar-refractivity contribution in [3.8, 4) is 6.07 Å². The van der Waals surface area contributed by atoms with E-state index in [0.717, 1.165) is 18.7 Å². The van der Waals surface area contributed by atoms with Crippen molar-refractivity contribution in [2.24, 2.45) is 0 Å². The first-order valence-corrected chi connectivity index (χ1v) is 7.33. The number of nitrogens with one attached hydrogen (secondary N) is 1. The van der Waals surface area contributed by atoms with Gasteiger partial charge in [-0.1, -0.05) is 12.1 Å². The molecule has 1 rings (SSSR count). The number of nitrogens with zero attached hydrogens (tertiary/aromatic N) is 1. The van der Waals surface area contributed by atoms with Gasteiger partial charge in [0, 0.05) is 23.4 Å². The van der Waals surface area contributed by atoms with Gasteiger partial charge in [0.15, 0.2) is 0 Å². The molecule has 98 valence electrons. The van der Waals surface area contributed by atoms with Crippen molar-refractivity contribution in [2.75, 3.05) is 5.75 Å². The summed E-state index contributed by atoms with van der Waals surface area (Å²) in [4.78, 5) is 1.28. The van der Waals surface area contributed by atoms with Crippen LogP contribution in [0.4, 0.5) is 0 Å². The van der Waals surface area contributed by atoms with Gasteiger partial charge in [-0.2, -0.15) is 5.26 Å². The minimum atomic E-state index is 0.157. The summed E-state index contributed by atoms with van der Waals surface area (Å²) in [6.07, 6.45) is 1.62. The van der Waals surface area contributed by atoms with Crippen molar-refractivity contribution in [2.45, 2.75) is 50.6 Å². The molecule has 0 radical (unpaired) electrons. The molecule has 0 saturated heterocycles. The van der Waals surface area contributed by atoms with Crippen LogP contribution in [0.5, 0.6) is 0 Å². The molecule has 3 heteroatoms. The molecule has 0 amide bonds. The minimum Gasteiger partial charge on any atom is -0.308 e. The Balaban J connectivity index is 2.36. The molecule has 0 aliphatic heterocycles. The molecule has 0 heterocycles. The average Bonchev–Trinajstić information content (AvgIpc) is 2.33. The van der Waals surface area contributed by atoms with Crippen LogP contribution in [0.25, 0.3) is 0 Å². The smallest absolute Gasteiger partial charge is 0.0622 e. The van der Waals surface area contributed by atoms with Gasteiger partial charge in [0.05, 0.1) is 6.07 Å². The van der Waals surface area contributed by atoms with Crippen LogP contribution in [-0.4, -0.2) is 11.3 Å². The molecule has 1 aromatic rings. The van der Waals surface area contributed by atoms with E-state index in [4.69, 9.17) is 5.26 Å². The number of thioether (sulfide) groups is 1. The topological polar surface area (TPSA) is 35.8 Å². The van der Waals surface area contributed by atoms with Gasteiger partial charge >= 0.3 is 0 Å². The fourth-order valence-corrected chi connectivity index (χ4v) is 2.26. The number of benzene rings is 1. The van der Waals surface area contributed by atoms with Crippen LogP contribution >= 0.6 is 11.8 Å². The minimum absolute atomic E-state index is 0.157. The zero-order valence-corrected chi connectivity index (χ0v) is 12.3. The van der Waals surface area contributed by atoms with E-state index in [-0.39, 0.29) is 5.54 Å². The van der Waals surface area contributed by atoms with Gasteiger partial charge in [0.25, 0.3) is 0 Å². The summed E-state index contributed by atoms with van der Waals surface area (Å²) < 4.78 is 0. The van der Waals surface area contributed by atoms with Gasteiger partial charge in [-0.3, -0.25) is 0 Å². The monoisotopic (exact) mass is 262 g/mol. The van der Waals surface area contributed by atoms with Crippen LogP contribution in [0.15, 0.2) is 29.2 Å². The van der Waals surface area contributed by atoms with Gasteiger partial charge in [-0.05, 0) is 50.6 Å². The van der Waals surface area contributed by atoms with Crippen LogP contribution in [0, 0.1) is 11.3 Å². The maximum atomic E-state index is 8.46. The Labute approximate surface area is 115 Å². The van der Waals surface area contributed by atoms with Crippen LogP contribution in [0.1, 0.15) is 39.2 Å². The van der Waals surface area contributed by atoms with Gasteiger partial charge in [0.2, 0.25) is 0 Å². The number of nitriles is 1. The average molecular weight is 262 g/mol. The summed E-state index contributed by atoms with van der Waals surface area (Å²) in [5, 5.41) is 11.9. The molecule has 0 saturated carbocycles. The Morgan fingerprint density at radius 3 is 2.44 bits per heavy atom. The summed E-state index contributed by atoms with van der Waals surface area (Å²) >= 11 is 1.82. The van der Waals surface area contributed by atoms with E-state index in [9.17, 15) is 0 Å². The molecule has 1 aromatic carbocycles. The zero-order chi connectivity index (χ0) is 13.4. The Morgan fingerprint density at radius 2 is 1.89 bits per heavy atom. The first kappa shape index (κ1) is 15.1. The molecule has 0 spiro atoms. The molecule has 0 atom stereocenters. The van der Waals surface area contributed by atoms with Crippen molar-refractivity contribution in [1.82, 2.24) is 5.32 Å². The van der Waals surface area contributed by atoms with Crippen molar-refractivity contribution < 1.29 is 0 Å². The molecule has 18 heavy (non-hydrogen) atoms. The van der Waals surface area contributed by atoms with Crippen LogP contribution in [0.2, 0.25) is 0 Å². The van der Waals surface area contributed by atoms with Gasteiger partial charge < -0.3 is 5.32 Å². The third kappa shape index (κ3) is 6.68. The summed E-state index contributed by atoms with van der Waals surface area (Å²) in [6.45, 7) is 7.42. The third-order valence-electron chi connectivity index (χ3n) is 2.45. The fourth-order valence-electron chi connectivity index (χ4n) is 1.41. The molecule has 0 fully saturated rings. The first-order chi connectivity index (χ1) is 8.51. The van der Waals surface area contributed by atoms with E-state index >= 15 is 0 Å². The first-order valence-electron chi connectivity index (χ1n) is 6.35. The van der Waals surface area contributed by atoms with E-state index in [2.05, 4.69) is 56.4 Å². The molecule has 0 aromatic heterocycles. The van der Waals surface area contributed by atoms with Crippen molar-refractivity contribution in [3.63, 3.8) is 0 Å². The molecule has 0 unspecified atom stereocenters. The van der Waals surface area contributed by atoms with Gasteiger partial charge in [-0.25, -0.2) is 0 Å². The van der Waals surface area contributed by atoms with E-state index in [1.807, 2.05) is 11.8 Å². The van der Waals surface area contributed by atoms with Crippen LogP contribution < -0.4 is 5.32 Å². The standard InChI is InChI=1S/C15H22N2S/c1-15(2,3)17-12-13-6-8-14(9-7-13)18-11-5-4-10-16/h6-9,17H,4-5,11-12H2,1-3H3. The SMILES string of the molecule is CC(C)(C)NCc1ccc(SCCCC#N)cc1. The lowest BCUT2D eigenvalue weighted by molar-refractivity contribution is 0.424. The highest BCUT2D eigenvalue weighted by molar-refractivity contribution is 7.99. The highest BCUT2D eigenvalue weighted by Crippen LogP contribution is 2.19. The summed E-state index contributed by atoms with van der Waals surface area (Å²) in [7, 11) is 0. The highest BCUT2D eigenvalue weighted by Gasteiger charge is 2.07. The molecular weight excluding hydrogens is 240 g/mol. The Hall–Kier alpha value is -0.980. The second kappa shape index (κ2) is 7.45. The number of unbranched alkanes of at least 4 members (excludes halogenated alkanes) is 1. The van der Waals surface area contributed by atoms with Crippen molar-refractivity contribution >= 4 is 11.8 Å². The molecular formula is C15H22N2S. The lowest BCUT2D eigenvalue weighted by atomic mass is 10.1.